The van der Waals surface area contributed by atoms with Gasteiger partial charge in [0.05, 0.1) is 13.2 Å². The molecule has 1 aromatic rings. The summed E-state index contributed by atoms with van der Waals surface area (Å²) >= 11 is 0. The average molecular weight is 290 g/mol. The molecular formula is C18H30N2O. The molecule has 118 valence electrons. The molecule has 1 N–H and O–H groups in total. The molecule has 2 rings (SSSR count). The van der Waals surface area contributed by atoms with Gasteiger partial charge in [0.25, 0.3) is 0 Å². The Morgan fingerprint density at radius 1 is 1.14 bits per heavy atom. The van der Waals surface area contributed by atoms with Crippen molar-refractivity contribution in [3.63, 3.8) is 0 Å². The second-order valence-electron chi connectivity index (χ2n) is 7.14. The van der Waals surface area contributed by atoms with Crippen LogP contribution in [0.15, 0.2) is 24.3 Å². The first kappa shape index (κ1) is 16.5. The second kappa shape index (κ2) is 7.39. The zero-order valence-corrected chi connectivity index (χ0v) is 14.0. The summed E-state index contributed by atoms with van der Waals surface area (Å²) in [4.78, 5) is 2.48. The van der Waals surface area contributed by atoms with E-state index in [2.05, 4.69) is 62.2 Å². The summed E-state index contributed by atoms with van der Waals surface area (Å²) in [6.45, 7) is 14.9. The standard InChI is InChI=1S/C18H30N2O/c1-15(14-20-9-11-21-12-10-20)19-13-16-5-7-17(8-6-16)18(2,3)4/h5-8,15,19H,9-14H2,1-4H3. The maximum atomic E-state index is 5.39. The van der Waals surface area contributed by atoms with Crippen LogP contribution in [0.2, 0.25) is 0 Å². The van der Waals surface area contributed by atoms with E-state index in [9.17, 15) is 0 Å². The van der Waals surface area contributed by atoms with Gasteiger partial charge in [-0.1, -0.05) is 45.0 Å². The molecule has 1 aromatic carbocycles. The van der Waals surface area contributed by atoms with Crippen LogP contribution in [0, 0.1) is 0 Å². The van der Waals surface area contributed by atoms with Gasteiger partial charge in [0.2, 0.25) is 0 Å². The van der Waals surface area contributed by atoms with Gasteiger partial charge < -0.3 is 10.1 Å². The Bertz CT molecular complexity index is 416. The molecular weight excluding hydrogens is 260 g/mol. The second-order valence-corrected chi connectivity index (χ2v) is 7.14. The number of rotatable bonds is 5. The Hall–Kier alpha value is -0.900. The van der Waals surface area contributed by atoms with Crippen LogP contribution in [-0.4, -0.2) is 43.8 Å². The minimum Gasteiger partial charge on any atom is -0.379 e. The lowest BCUT2D eigenvalue weighted by Crippen LogP contribution is -2.44. The predicted octanol–water partition coefficient (Wildman–Crippen LogP) is 2.79. The van der Waals surface area contributed by atoms with Gasteiger partial charge in [-0.2, -0.15) is 0 Å². The van der Waals surface area contributed by atoms with Crippen LogP contribution in [0.4, 0.5) is 0 Å². The number of nitrogens with zero attached hydrogens (tertiary/aromatic N) is 1. The van der Waals surface area contributed by atoms with Gasteiger partial charge in [0.1, 0.15) is 0 Å². The number of ether oxygens (including phenoxy) is 1. The molecule has 1 fully saturated rings. The molecule has 1 heterocycles. The Balaban J connectivity index is 1.76. The third-order valence-electron chi connectivity index (χ3n) is 4.11. The Kier molecular flexibility index (Phi) is 5.80. The van der Waals surface area contributed by atoms with Crippen LogP contribution in [0.5, 0.6) is 0 Å². The molecule has 1 unspecified atom stereocenters. The molecule has 0 amide bonds. The quantitative estimate of drug-likeness (QED) is 0.902. The Morgan fingerprint density at radius 2 is 1.76 bits per heavy atom. The Morgan fingerprint density at radius 3 is 2.33 bits per heavy atom. The largest absolute Gasteiger partial charge is 0.379 e. The topological polar surface area (TPSA) is 24.5 Å². The molecule has 0 aliphatic carbocycles. The van der Waals surface area contributed by atoms with Gasteiger partial charge in [-0.25, -0.2) is 0 Å². The van der Waals surface area contributed by atoms with E-state index in [-0.39, 0.29) is 5.41 Å². The van der Waals surface area contributed by atoms with E-state index in [4.69, 9.17) is 4.74 Å². The third-order valence-corrected chi connectivity index (χ3v) is 4.11. The molecule has 1 atom stereocenters. The summed E-state index contributed by atoms with van der Waals surface area (Å²) in [5.74, 6) is 0. The van der Waals surface area contributed by atoms with Gasteiger partial charge in [0, 0.05) is 32.2 Å². The van der Waals surface area contributed by atoms with Crippen molar-refractivity contribution in [3.05, 3.63) is 35.4 Å². The summed E-state index contributed by atoms with van der Waals surface area (Å²) < 4.78 is 5.39. The molecule has 0 saturated carbocycles. The summed E-state index contributed by atoms with van der Waals surface area (Å²) in [7, 11) is 0. The average Bonchev–Trinajstić information content (AvgIpc) is 2.46. The van der Waals surface area contributed by atoms with Crippen LogP contribution in [-0.2, 0) is 16.7 Å². The summed E-state index contributed by atoms with van der Waals surface area (Å²) in [5, 5.41) is 3.62. The first-order valence-corrected chi connectivity index (χ1v) is 8.08. The van der Waals surface area contributed by atoms with E-state index in [0.717, 1.165) is 39.4 Å². The highest BCUT2D eigenvalue weighted by Crippen LogP contribution is 2.22. The first-order chi connectivity index (χ1) is 9.95. The fourth-order valence-electron chi connectivity index (χ4n) is 2.65. The molecule has 3 heteroatoms. The van der Waals surface area contributed by atoms with Crippen LogP contribution in [0.25, 0.3) is 0 Å². The fraction of sp³-hybridized carbons (Fsp3) is 0.667. The number of nitrogens with one attached hydrogen (secondary N) is 1. The molecule has 1 aliphatic heterocycles. The maximum Gasteiger partial charge on any atom is 0.0594 e. The minimum absolute atomic E-state index is 0.232. The highest BCUT2D eigenvalue weighted by Gasteiger charge is 2.14. The number of morpholine rings is 1. The van der Waals surface area contributed by atoms with Crippen LogP contribution >= 0.6 is 0 Å². The van der Waals surface area contributed by atoms with Gasteiger partial charge in [-0.05, 0) is 23.5 Å². The molecule has 1 aliphatic rings. The predicted molar refractivity (Wildman–Crippen MR) is 88.7 cm³/mol. The van der Waals surface area contributed by atoms with Crippen molar-refractivity contribution in [2.75, 3.05) is 32.8 Å². The summed E-state index contributed by atoms with van der Waals surface area (Å²) in [6, 6.07) is 9.50. The highest BCUT2D eigenvalue weighted by atomic mass is 16.5. The lowest BCUT2D eigenvalue weighted by Gasteiger charge is -2.29. The molecule has 0 radical (unpaired) electrons. The van der Waals surface area contributed by atoms with Crippen molar-refractivity contribution in [3.8, 4) is 0 Å². The molecule has 3 nitrogen and oxygen atoms in total. The van der Waals surface area contributed by atoms with Gasteiger partial charge in [-0.3, -0.25) is 4.90 Å². The zero-order valence-electron chi connectivity index (χ0n) is 14.0. The number of benzene rings is 1. The summed E-state index contributed by atoms with van der Waals surface area (Å²) in [5.41, 5.74) is 2.99. The summed E-state index contributed by atoms with van der Waals surface area (Å²) in [6.07, 6.45) is 0. The molecule has 1 saturated heterocycles. The van der Waals surface area contributed by atoms with Crippen molar-refractivity contribution < 1.29 is 4.74 Å². The van der Waals surface area contributed by atoms with E-state index < -0.39 is 0 Å². The van der Waals surface area contributed by atoms with Crippen molar-refractivity contribution in [1.82, 2.24) is 10.2 Å². The van der Waals surface area contributed by atoms with Crippen molar-refractivity contribution in [2.24, 2.45) is 0 Å². The zero-order chi connectivity index (χ0) is 15.3. The monoisotopic (exact) mass is 290 g/mol. The molecule has 21 heavy (non-hydrogen) atoms. The van der Waals surface area contributed by atoms with Gasteiger partial charge in [-0.15, -0.1) is 0 Å². The number of hydrogen-bond donors (Lipinski definition) is 1. The van der Waals surface area contributed by atoms with E-state index in [1.807, 2.05) is 0 Å². The van der Waals surface area contributed by atoms with Crippen molar-refractivity contribution in [2.45, 2.75) is 45.7 Å². The SMILES string of the molecule is CC(CN1CCOCC1)NCc1ccc(C(C)(C)C)cc1. The molecule has 0 bridgehead atoms. The normalized spacial score (nSPS) is 18.7. The maximum absolute atomic E-state index is 5.39. The smallest absolute Gasteiger partial charge is 0.0594 e. The van der Waals surface area contributed by atoms with Crippen LogP contribution in [0.1, 0.15) is 38.8 Å². The van der Waals surface area contributed by atoms with E-state index in [1.165, 1.54) is 11.1 Å². The fourth-order valence-corrected chi connectivity index (χ4v) is 2.65. The lowest BCUT2D eigenvalue weighted by molar-refractivity contribution is 0.0343. The van der Waals surface area contributed by atoms with Crippen molar-refractivity contribution in [1.29, 1.82) is 0 Å². The third kappa shape index (κ3) is 5.42. The van der Waals surface area contributed by atoms with Crippen LogP contribution < -0.4 is 5.32 Å². The van der Waals surface area contributed by atoms with Gasteiger partial charge in [0.15, 0.2) is 0 Å². The molecule has 0 aromatic heterocycles. The number of hydrogen-bond acceptors (Lipinski definition) is 3. The highest BCUT2D eigenvalue weighted by molar-refractivity contribution is 5.27. The molecule has 0 spiro atoms. The Labute approximate surface area is 129 Å². The van der Waals surface area contributed by atoms with Crippen LogP contribution in [0.3, 0.4) is 0 Å². The van der Waals surface area contributed by atoms with E-state index >= 15 is 0 Å². The van der Waals surface area contributed by atoms with E-state index in [0.29, 0.717) is 6.04 Å². The minimum atomic E-state index is 0.232. The lowest BCUT2D eigenvalue weighted by atomic mass is 9.87. The van der Waals surface area contributed by atoms with Crippen molar-refractivity contribution >= 4 is 0 Å². The van der Waals surface area contributed by atoms with E-state index in [1.54, 1.807) is 0 Å². The first-order valence-electron chi connectivity index (χ1n) is 8.08. The van der Waals surface area contributed by atoms with Gasteiger partial charge >= 0.3 is 0 Å².